The van der Waals surface area contributed by atoms with Gasteiger partial charge in [0.1, 0.15) is 0 Å². The third-order valence-corrected chi connectivity index (χ3v) is 5.32. The molecule has 126 valence electrons. The second-order valence-electron chi connectivity index (χ2n) is 7.01. The predicted molar refractivity (Wildman–Crippen MR) is 92.4 cm³/mol. The number of aromatic nitrogens is 2. The van der Waals surface area contributed by atoms with E-state index in [-0.39, 0.29) is 6.03 Å². The van der Waals surface area contributed by atoms with E-state index in [1.807, 2.05) is 40.0 Å². The molecule has 2 atom stereocenters. The number of likely N-dealkylation sites (tertiary alicyclic amines) is 1. The van der Waals surface area contributed by atoms with Gasteiger partial charge in [0.15, 0.2) is 0 Å². The highest BCUT2D eigenvalue weighted by atomic mass is 16.2. The van der Waals surface area contributed by atoms with E-state index in [4.69, 9.17) is 0 Å². The molecule has 1 aliphatic heterocycles. The maximum atomic E-state index is 12.3. The van der Waals surface area contributed by atoms with Gasteiger partial charge < -0.3 is 10.2 Å². The van der Waals surface area contributed by atoms with Crippen LogP contribution in [0.3, 0.4) is 0 Å². The van der Waals surface area contributed by atoms with Gasteiger partial charge in [0.25, 0.3) is 0 Å². The second kappa shape index (κ2) is 6.67. The molecule has 1 saturated heterocycles. The minimum Gasteiger partial charge on any atom is -0.332 e. The summed E-state index contributed by atoms with van der Waals surface area (Å²) in [5.74, 6) is 1.47. The van der Waals surface area contributed by atoms with Crippen molar-refractivity contribution in [3.8, 4) is 0 Å². The summed E-state index contributed by atoms with van der Waals surface area (Å²) in [6.07, 6.45) is 5.88. The van der Waals surface area contributed by atoms with Crippen LogP contribution in [0.4, 0.5) is 4.79 Å². The van der Waals surface area contributed by atoms with Crippen LogP contribution in [0.2, 0.25) is 0 Å². The van der Waals surface area contributed by atoms with Crippen LogP contribution in [0.25, 0.3) is 0 Å². The number of amides is 2. The number of rotatable bonds is 4. The molecule has 1 aromatic carbocycles. The first kappa shape index (κ1) is 15.2. The largest absolute Gasteiger partial charge is 0.332 e. The Morgan fingerprint density at radius 2 is 1.88 bits per heavy atom. The molecule has 2 aromatic rings. The van der Waals surface area contributed by atoms with E-state index in [1.54, 1.807) is 0 Å². The summed E-state index contributed by atoms with van der Waals surface area (Å²) in [6, 6.07) is 12.3. The van der Waals surface area contributed by atoms with Crippen molar-refractivity contribution in [3.63, 3.8) is 0 Å². The average Bonchev–Trinajstić information content (AvgIpc) is 3.29. The number of nitrogens with zero attached hydrogens (tertiary/aromatic N) is 3. The third-order valence-electron chi connectivity index (χ3n) is 5.32. The van der Waals surface area contributed by atoms with Crippen LogP contribution >= 0.6 is 0 Å². The van der Waals surface area contributed by atoms with Gasteiger partial charge in [0.05, 0.1) is 18.8 Å². The minimum absolute atomic E-state index is 0.0574. The fraction of sp³-hybridized carbons (Fsp3) is 0.474. The van der Waals surface area contributed by atoms with Gasteiger partial charge in [-0.2, -0.15) is 5.10 Å². The Morgan fingerprint density at radius 3 is 2.62 bits per heavy atom. The highest BCUT2D eigenvalue weighted by molar-refractivity contribution is 5.74. The van der Waals surface area contributed by atoms with Crippen molar-refractivity contribution >= 4 is 6.03 Å². The topological polar surface area (TPSA) is 50.2 Å². The lowest BCUT2D eigenvalue weighted by atomic mass is 10.0. The van der Waals surface area contributed by atoms with Gasteiger partial charge in [0, 0.05) is 19.3 Å². The molecule has 2 aliphatic rings. The summed E-state index contributed by atoms with van der Waals surface area (Å²) in [5, 5.41) is 7.56. The van der Waals surface area contributed by atoms with Gasteiger partial charge in [-0.3, -0.25) is 4.68 Å². The van der Waals surface area contributed by atoms with Crippen LogP contribution in [0.1, 0.15) is 30.5 Å². The molecule has 0 radical (unpaired) electrons. The number of benzene rings is 1. The van der Waals surface area contributed by atoms with Crippen LogP contribution in [-0.2, 0) is 13.1 Å². The van der Waals surface area contributed by atoms with Crippen molar-refractivity contribution < 1.29 is 4.79 Å². The van der Waals surface area contributed by atoms with Gasteiger partial charge in [0.2, 0.25) is 0 Å². The number of fused-ring (bicyclic) bond motifs is 1. The SMILES string of the molecule is O=C(NCc1ccn(Cc2ccccc2)n1)N1CC2CCCC2C1. The van der Waals surface area contributed by atoms with Crippen LogP contribution in [-0.4, -0.2) is 33.8 Å². The number of hydrogen-bond donors (Lipinski definition) is 1. The van der Waals surface area contributed by atoms with Gasteiger partial charge in [-0.1, -0.05) is 36.8 Å². The smallest absolute Gasteiger partial charge is 0.317 e. The first-order valence-electron chi connectivity index (χ1n) is 8.87. The molecular formula is C19H24N4O. The van der Waals surface area contributed by atoms with Gasteiger partial charge in [-0.15, -0.1) is 0 Å². The molecule has 1 aromatic heterocycles. The van der Waals surface area contributed by atoms with Crippen molar-refractivity contribution in [1.29, 1.82) is 0 Å². The molecule has 1 aliphatic carbocycles. The van der Waals surface area contributed by atoms with E-state index < -0.39 is 0 Å². The van der Waals surface area contributed by atoms with Crippen LogP contribution in [0, 0.1) is 11.8 Å². The summed E-state index contributed by atoms with van der Waals surface area (Å²) in [7, 11) is 0. The van der Waals surface area contributed by atoms with Gasteiger partial charge in [-0.25, -0.2) is 4.79 Å². The molecule has 1 N–H and O–H groups in total. The van der Waals surface area contributed by atoms with Crippen molar-refractivity contribution in [1.82, 2.24) is 20.0 Å². The van der Waals surface area contributed by atoms with Crippen LogP contribution in [0.15, 0.2) is 42.6 Å². The van der Waals surface area contributed by atoms with Crippen molar-refractivity contribution in [3.05, 3.63) is 53.9 Å². The summed E-state index contributed by atoms with van der Waals surface area (Å²) < 4.78 is 1.91. The normalized spacial score (nSPS) is 22.6. The molecular weight excluding hydrogens is 300 g/mol. The standard InChI is InChI=1S/C19H24N4O/c24-19(22-13-16-7-4-8-17(16)14-22)20-11-18-9-10-23(21-18)12-15-5-2-1-3-6-15/h1-3,5-6,9-10,16-17H,4,7-8,11-14H2,(H,20,24). The molecule has 24 heavy (non-hydrogen) atoms. The average molecular weight is 324 g/mol. The van der Waals surface area contributed by atoms with E-state index in [2.05, 4.69) is 22.5 Å². The Hall–Kier alpha value is -2.30. The monoisotopic (exact) mass is 324 g/mol. The van der Waals surface area contributed by atoms with Crippen LogP contribution in [0.5, 0.6) is 0 Å². The Kier molecular flexibility index (Phi) is 4.24. The molecule has 0 spiro atoms. The lowest BCUT2D eigenvalue weighted by Gasteiger charge is -2.17. The quantitative estimate of drug-likeness (QED) is 0.940. The Labute approximate surface area is 142 Å². The van der Waals surface area contributed by atoms with E-state index in [1.165, 1.54) is 24.8 Å². The minimum atomic E-state index is 0.0574. The Balaban J connectivity index is 1.28. The molecule has 4 rings (SSSR count). The zero-order valence-corrected chi connectivity index (χ0v) is 13.9. The zero-order valence-electron chi connectivity index (χ0n) is 13.9. The number of hydrogen-bond acceptors (Lipinski definition) is 2. The molecule has 2 heterocycles. The molecule has 5 nitrogen and oxygen atoms in total. The fourth-order valence-corrected chi connectivity index (χ4v) is 4.04. The van der Waals surface area contributed by atoms with E-state index >= 15 is 0 Å². The first-order chi connectivity index (χ1) is 11.8. The zero-order chi connectivity index (χ0) is 16.4. The molecule has 2 fully saturated rings. The van der Waals surface area contributed by atoms with Crippen LogP contribution < -0.4 is 5.32 Å². The van der Waals surface area contributed by atoms with Crippen molar-refractivity contribution in [2.75, 3.05) is 13.1 Å². The molecule has 0 bridgehead atoms. The third kappa shape index (κ3) is 3.30. The summed E-state index contributed by atoms with van der Waals surface area (Å²) in [5.41, 5.74) is 2.12. The number of urea groups is 1. The highest BCUT2D eigenvalue weighted by Gasteiger charge is 2.37. The van der Waals surface area contributed by atoms with E-state index in [0.717, 1.165) is 37.2 Å². The Morgan fingerprint density at radius 1 is 1.12 bits per heavy atom. The maximum Gasteiger partial charge on any atom is 0.317 e. The number of nitrogens with one attached hydrogen (secondary N) is 1. The van der Waals surface area contributed by atoms with Gasteiger partial charge >= 0.3 is 6.03 Å². The van der Waals surface area contributed by atoms with Crippen molar-refractivity contribution in [2.45, 2.75) is 32.4 Å². The van der Waals surface area contributed by atoms with Crippen molar-refractivity contribution in [2.24, 2.45) is 11.8 Å². The first-order valence-corrected chi connectivity index (χ1v) is 8.87. The number of carbonyl (C=O) groups excluding carboxylic acids is 1. The maximum absolute atomic E-state index is 12.3. The van der Waals surface area contributed by atoms with Gasteiger partial charge in [-0.05, 0) is 36.3 Å². The van der Waals surface area contributed by atoms with E-state index in [9.17, 15) is 4.79 Å². The lowest BCUT2D eigenvalue weighted by Crippen LogP contribution is -2.38. The van der Waals surface area contributed by atoms with E-state index in [0.29, 0.717) is 6.54 Å². The second-order valence-corrected chi connectivity index (χ2v) is 7.01. The molecule has 5 heteroatoms. The fourth-order valence-electron chi connectivity index (χ4n) is 4.04. The summed E-state index contributed by atoms with van der Waals surface area (Å²) in [6.45, 7) is 3.11. The molecule has 2 unspecified atom stereocenters. The molecule has 1 saturated carbocycles. The molecule has 2 amide bonds. The summed E-state index contributed by atoms with van der Waals surface area (Å²) >= 11 is 0. The Bertz CT molecular complexity index is 684. The summed E-state index contributed by atoms with van der Waals surface area (Å²) in [4.78, 5) is 14.3. The lowest BCUT2D eigenvalue weighted by molar-refractivity contribution is 0.204. The number of carbonyl (C=O) groups is 1. The highest BCUT2D eigenvalue weighted by Crippen LogP contribution is 2.37. The predicted octanol–water partition coefficient (Wildman–Crippen LogP) is 2.87.